The minimum absolute atomic E-state index is 0. The molecule has 0 spiro atoms. The van der Waals surface area contributed by atoms with E-state index >= 15 is 0 Å². The molecule has 0 unspecified atom stereocenters. The maximum Gasteiger partial charge on any atom is 0.191 e. The van der Waals surface area contributed by atoms with Crippen molar-refractivity contribution in [2.24, 2.45) is 4.99 Å². The van der Waals surface area contributed by atoms with Crippen LogP contribution >= 0.6 is 24.0 Å². The van der Waals surface area contributed by atoms with E-state index in [-0.39, 0.29) is 47.9 Å². The number of halogens is 3. The van der Waals surface area contributed by atoms with Crippen LogP contribution in [0.1, 0.15) is 25.3 Å². The van der Waals surface area contributed by atoms with Crippen molar-refractivity contribution in [1.82, 2.24) is 15.5 Å². The fourth-order valence-electron chi connectivity index (χ4n) is 2.94. The Morgan fingerprint density at radius 3 is 2.57 bits per heavy atom. The monoisotopic (exact) mass is 530 g/mol. The van der Waals surface area contributed by atoms with Gasteiger partial charge in [-0.05, 0) is 38.0 Å². The minimum atomic E-state index is -2.95. The lowest BCUT2D eigenvalue weighted by Crippen LogP contribution is -2.49. The maximum absolute atomic E-state index is 13.7. The number of nitrogens with zero attached hydrogens (tertiary/aromatic N) is 2. The molecule has 1 aliphatic rings. The predicted molar refractivity (Wildman–Crippen MR) is 119 cm³/mol. The maximum atomic E-state index is 13.7. The van der Waals surface area contributed by atoms with Gasteiger partial charge in [0.05, 0.1) is 12.3 Å². The largest absolute Gasteiger partial charge is 0.357 e. The molecule has 0 amide bonds. The zero-order valence-corrected chi connectivity index (χ0v) is 19.4. The first-order chi connectivity index (χ1) is 12.8. The fourth-order valence-corrected chi connectivity index (χ4v) is 3.53. The summed E-state index contributed by atoms with van der Waals surface area (Å²) >= 11 is 0. The lowest BCUT2D eigenvalue weighted by atomic mass is 10.1. The van der Waals surface area contributed by atoms with Crippen molar-refractivity contribution in [3.63, 3.8) is 0 Å². The molecule has 0 saturated carbocycles. The Bertz CT molecular complexity index is 754. The molecule has 0 radical (unpaired) electrons. The number of nitrogens with one attached hydrogen (secondary N) is 2. The van der Waals surface area contributed by atoms with Crippen LogP contribution in [-0.4, -0.2) is 63.5 Å². The van der Waals surface area contributed by atoms with Gasteiger partial charge in [0.15, 0.2) is 5.96 Å². The van der Waals surface area contributed by atoms with Gasteiger partial charge in [0, 0.05) is 44.0 Å². The summed E-state index contributed by atoms with van der Waals surface area (Å²) in [5.74, 6) is -0.221. The van der Waals surface area contributed by atoms with E-state index in [1.54, 1.807) is 0 Å². The Labute approximate surface area is 183 Å². The van der Waals surface area contributed by atoms with E-state index in [4.69, 9.17) is 0 Å². The van der Waals surface area contributed by atoms with Crippen molar-refractivity contribution in [3.05, 3.63) is 35.4 Å². The van der Waals surface area contributed by atoms with Crippen LogP contribution in [0.2, 0.25) is 0 Å². The molecule has 28 heavy (non-hydrogen) atoms. The average molecular weight is 530 g/mol. The number of likely N-dealkylation sites (tertiary alicyclic amines) is 1. The van der Waals surface area contributed by atoms with E-state index in [0.29, 0.717) is 19.0 Å². The van der Waals surface area contributed by atoms with Crippen LogP contribution in [0, 0.1) is 11.6 Å². The third-order valence-electron chi connectivity index (χ3n) is 4.47. The lowest BCUT2D eigenvalue weighted by Gasteiger charge is -2.32. The molecule has 0 bridgehead atoms. The molecule has 2 N–H and O–H groups in total. The summed E-state index contributed by atoms with van der Waals surface area (Å²) in [5.41, 5.74) is 0.211. The van der Waals surface area contributed by atoms with E-state index in [0.717, 1.165) is 44.1 Å². The highest BCUT2D eigenvalue weighted by Crippen LogP contribution is 2.12. The molecule has 1 fully saturated rings. The average Bonchev–Trinajstić information content (AvgIpc) is 2.61. The highest BCUT2D eigenvalue weighted by atomic mass is 127. The summed E-state index contributed by atoms with van der Waals surface area (Å²) in [6.07, 6.45) is 2.98. The first-order valence-corrected chi connectivity index (χ1v) is 11.2. The first kappa shape index (κ1) is 25.0. The molecule has 1 saturated heterocycles. The van der Waals surface area contributed by atoms with Gasteiger partial charge in [-0.2, -0.15) is 0 Å². The van der Waals surface area contributed by atoms with Crippen LogP contribution in [-0.2, 0) is 16.4 Å². The molecule has 1 aromatic carbocycles. The molecule has 1 aliphatic heterocycles. The second-order valence-corrected chi connectivity index (χ2v) is 9.08. The number of hydrogen-bond donors (Lipinski definition) is 2. The number of benzene rings is 1. The Balaban J connectivity index is 0.00000392. The number of aliphatic imine (C=N–C) groups is 1. The molecule has 2 rings (SSSR count). The predicted octanol–water partition coefficient (Wildman–Crippen LogP) is 2.15. The van der Waals surface area contributed by atoms with Crippen molar-refractivity contribution in [1.29, 1.82) is 0 Å². The van der Waals surface area contributed by atoms with Gasteiger partial charge in [-0.3, -0.25) is 0 Å². The SMILES string of the molecule is CCNC(=NCc1cc(F)ccc1F)NC1CCN(CCS(C)(=O)=O)CC1.I. The molecule has 1 heterocycles. The van der Waals surface area contributed by atoms with Gasteiger partial charge in [-0.15, -0.1) is 24.0 Å². The standard InChI is InChI=1S/C18H28F2N4O2S.HI/c1-3-21-18(22-13-14-12-15(19)4-5-17(14)20)23-16-6-8-24(9-7-16)10-11-27(2,25)26;/h4-5,12,16H,3,6-11,13H2,1-2H3,(H2,21,22,23);1H. The summed E-state index contributed by atoms with van der Waals surface area (Å²) < 4.78 is 49.6. The molecule has 1 aromatic rings. The van der Waals surface area contributed by atoms with E-state index in [1.807, 2.05) is 6.92 Å². The van der Waals surface area contributed by atoms with Crippen molar-refractivity contribution in [3.8, 4) is 0 Å². The van der Waals surface area contributed by atoms with Gasteiger partial charge < -0.3 is 15.5 Å². The molecule has 0 atom stereocenters. The molecule has 0 aromatic heterocycles. The van der Waals surface area contributed by atoms with Crippen LogP contribution in [0.5, 0.6) is 0 Å². The summed E-state index contributed by atoms with van der Waals surface area (Å²) in [4.78, 5) is 6.51. The third kappa shape index (κ3) is 8.99. The number of piperidine rings is 1. The van der Waals surface area contributed by atoms with E-state index in [2.05, 4.69) is 20.5 Å². The van der Waals surface area contributed by atoms with Crippen LogP contribution in [0.4, 0.5) is 8.78 Å². The van der Waals surface area contributed by atoms with Gasteiger partial charge >= 0.3 is 0 Å². The van der Waals surface area contributed by atoms with E-state index in [1.165, 1.54) is 6.26 Å². The van der Waals surface area contributed by atoms with E-state index < -0.39 is 21.5 Å². The Morgan fingerprint density at radius 1 is 1.29 bits per heavy atom. The Morgan fingerprint density at radius 2 is 1.96 bits per heavy atom. The van der Waals surface area contributed by atoms with Gasteiger partial charge in [0.1, 0.15) is 21.5 Å². The smallest absolute Gasteiger partial charge is 0.191 e. The van der Waals surface area contributed by atoms with Crippen LogP contribution < -0.4 is 10.6 Å². The highest BCUT2D eigenvalue weighted by molar-refractivity contribution is 14.0. The molecular formula is C18H29F2IN4O2S. The van der Waals surface area contributed by atoms with Crippen molar-refractivity contribution >= 4 is 39.8 Å². The fraction of sp³-hybridized carbons (Fsp3) is 0.611. The number of rotatable bonds is 7. The Hall–Kier alpha value is -1.01. The summed E-state index contributed by atoms with van der Waals surface area (Å²) in [5, 5.41) is 6.45. The zero-order valence-electron chi connectivity index (χ0n) is 16.2. The highest BCUT2D eigenvalue weighted by Gasteiger charge is 2.20. The lowest BCUT2D eigenvalue weighted by molar-refractivity contribution is 0.216. The molecule has 160 valence electrons. The van der Waals surface area contributed by atoms with Crippen molar-refractivity contribution in [2.75, 3.05) is 38.2 Å². The normalized spacial score (nSPS) is 16.5. The number of sulfone groups is 1. The van der Waals surface area contributed by atoms with Crippen LogP contribution in [0.15, 0.2) is 23.2 Å². The first-order valence-electron chi connectivity index (χ1n) is 9.15. The van der Waals surface area contributed by atoms with Gasteiger partial charge in [0.2, 0.25) is 0 Å². The number of guanidine groups is 1. The van der Waals surface area contributed by atoms with Gasteiger partial charge in [-0.1, -0.05) is 0 Å². The third-order valence-corrected chi connectivity index (χ3v) is 5.39. The summed E-state index contributed by atoms with van der Waals surface area (Å²) in [6.45, 7) is 4.82. The minimum Gasteiger partial charge on any atom is -0.357 e. The summed E-state index contributed by atoms with van der Waals surface area (Å²) in [7, 11) is -2.95. The van der Waals surface area contributed by atoms with Crippen LogP contribution in [0.25, 0.3) is 0 Å². The summed E-state index contributed by atoms with van der Waals surface area (Å²) in [6, 6.07) is 3.55. The topological polar surface area (TPSA) is 73.8 Å². The van der Waals surface area contributed by atoms with Crippen molar-refractivity contribution < 1.29 is 17.2 Å². The second-order valence-electron chi connectivity index (χ2n) is 6.82. The van der Waals surface area contributed by atoms with E-state index in [9.17, 15) is 17.2 Å². The molecule has 10 heteroatoms. The van der Waals surface area contributed by atoms with Gasteiger partial charge in [-0.25, -0.2) is 22.2 Å². The molecular weight excluding hydrogens is 501 g/mol. The Kier molecular flexibility index (Phi) is 10.6. The van der Waals surface area contributed by atoms with Gasteiger partial charge in [0.25, 0.3) is 0 Å². The zero-order chi connectivity index (χ0) is 19.9. The molecule has 6 nitrogen and oxygen atoms in total. The number of hydrogen-bond acceptors (Lipinski definition) is 4. The quantitative estimate of drug-likeness (QED) is 0.321. The van der Waals surface area contributed by atoms with Crippen molar-refractivity contribution in [2.45, 2.75) is 32.4 Å². The molecule has 0 aliphatic carbocycles. The second kappa shape index (κ2) is 11.9. The van der Waals surface area contributed by atoms with Crippen LogP contribution in [0.3, 0.4) is 0 Å².